The van der Waals surface area contributed by atoms with E-state index in [1.807, 2.05) is 61.8 Å². The third-order valence-corrected chi connectivity index (χ3v) is 5.69. The molecule has 2 aliphatic carbocycles. The van der Waals surface area contributed by atoms with Crippen molar-refractivity contribution in [2.75, 3.05) is 0 Å². The molecule has 0 bridgehead atoms. The number of hydrogen-bond donors (Lipinski definition) is 1. The molecule has 1 fully saturated rings. The van der Waals surface area contributed by atoms with Crippen molar-refractivity contribution in [1.29, 1.82) is 0 Å². The third kappa shape index (κ3) is 3.78. The number of aromatic nitrogens is 2. The summed E-state index contributed by atoms with van der Waals surface area (Å²) >= 11 is 0. The average molecular weight is 410 g/mol. The van der Waals surface area contributed by atoms with E-state index in [2.05, 4.69) is 10.4 Å². The quantitative estimate of drug-likeness (QED) is 0.780. The van der Waals surface area contributed by atoms with Crippen LogP contribution in [0.3, 0.4) is 0 Å². The number of alkyl halides is 1. The van der Waals surface area contributed by atoms with Crippen LogP contribution in [-0.2, 0) is 11.8 Å². The lowest BCUT2D eigenvalue weighted by atomic mass is 9.74. The Morgan fingerprint density at radius 3 is 2.50 bits per heavy atom. The van der Waals surface area contributed by atoms with Gasteiger partial charge in [0.2, 0.25) is 0 Å². The summed E-state index contributed by atoms with van der Waals surface area (Å²) in [7, 11) is 1.82. The van der Waals surface area contributed by atoms with Crippen molar-refractivity contribution < 1.29 is 13.9 Å². The maximum atomic E-state index is 16.8. The number of benzene rings is 1. The molecule has 0 radical (unpaired) electrons. The second-order valence-corrected chi connectivity index (χ2v) is 9.19. The van der Waals surface area contributed by atoms with Crippen LogP contribution in [0.4, 0.5) is 9.18 Å². The van der Waals surface area contributed by atoms with Crippen molar-refractivity contribution in [3.05, 3.63) is 72.1 Å². The molecule has 158 valence electrons. The van der Waals surface area contributed by atoms with Crippen molar-refractivity contribution >= 4 is 11.7 Å². The molecule has 1 heterocycles. The number of allylic oxidation sites excluding steroid dienone is 3. The Morgan fingerprint density at radius 1 is 1.23 bits per heavy atom. The van der Waals surface area contributed by atoms with Crippen LogP contribution < -0.4 is 5.32 Å². The predicted molar refractivity (Wildman–Crippen MR) is 115 cm³/mol. The van der Waals surface area contributed by atoms with E-state index in [1.165, 1.54) is 0 Å². The molecule has 0 spiro atoms. The Labute approximate surface area is 176 Å². The molecule has 4 rings (SSSR count). The van der Waals surface area contributed by atoms with E-state index < -0.39 is 28.8 Å². The van der Waals surface area contributed by atoms with Crippen molar-refractivity contribution in [3.8, 4) is 0 Å². The molecule has 5 nitrogen and oxygen atoms in total. The smallest absolute Gasteiger partial charge is 0.408 e. The molecule has 2 unspecified atom stereocenters. The monoisotopic (exact) mass is 409 g/mol. The molecule has 2 atom stereocenters. The van der Waals surface area contributed by atoms with E-state index in [4.69, 9.17) is 4.74 Å². The van der Waals surface area contributed by atoms with Gasteiger partial charge in [0.25, 0.3) is 0 Å². The lowest BCUT2D eigenvalue weighted by Crippen LogP contribution is -2.55. The number of alkyl carbamates (subject to hydrolysis) is 1. The number of carbonyl (C=O) groups is 1. The lowest BCUT2D eigenvalue weighted by Gasteiger charge is -2.39. The molecular weight excluding hydrogens is 381 g/mol. The van der Waals surface area contributed by atoms with E-state index in [1.54, 1.807) is 31.5 Å². The number of ether oxygens (including phenoxy) is 1. The summed E-state index contributed by atoms with van der Waals surface area (Å²) in [6.45, 7) is 5.39. The number of nitrogens with zero attached hydrogens (tertiary/aromatic N) is 2. The highest BCUT2D eigenvalue weighted by Crippen LogP contribution is 2.56. The molecule has 2 aromatic rings. The highest BCUT2D eigenvalue weighted by atomic mass is 19.1. The van der Waals surface area contributed by atoms with Gasteiger partial charge in [-0.2, -0.15) is 5.10 Å². The SMILES string of the molecule is Cn1ccc(C2C=C(c3ccccc3)C=CC2(F)C2(NC(=O)OC(C)(C)C)CC2)n1. The van der Waals surface area contributed by atoms with E-state index in [0.717, 1.165) is 11.1 Å². The van der Waals surface area contributed by atoms with Gasteiger partial charge in [0.05, 0.1) is 17.2 Å². The van der Waals surface area contributed by atoms with Gasteiger partial charge in [-0.3, -0.25) is 4.68 Å². The van der Waals surface area contributed by atoms with E-state index in [-0.39, 0.29) is 0 Å². The molecule has 1 N–H and O–H groups in total. The molecule has 2 aliphatic rings. The summed E-state index contributed by atoms with van der Waals surface area (Å²) in [6, 6.07) is 11.7. The zero-order chi connectivity index (χ0) is 21.6. The normalized spacial score (nSPS) is 24.8. The maximum absolute atomic E-state index is 16.8. The number of nitrogens with one attached hydrogen (secondary N) is 1. The minimum Gasteiger partial charge on any atom is -0.444 e. The molecule has 1 amide bonds. The van der Waals surface area contributed by atoms with E-state index >= 15 is 4.39 Å². The number of aryl methyl sites for hydroxylation is 1. The molecule has 1 aromatic heterocycles. The van der Waals surface area contributed by atoms with Gasteiger partial charge >= 0.3 is 6.09 Å². The number of amides is 1. The second-order valence-electron chi connectivity index (χ2n) is 9.19. The first kappa shape index (κ1) is 20.4. The Kier molecular flexibility index (Phi) is 4.83. The zero-order valence-corrected chi connectivity index (χ0v) is 17.9. The molecule has 30 heavy (non-hydrogen) atoms. The third-order valence-electron chi connectivity index (χ3n) is 5.69. The first-order valence-electron chi connectivity index (χ1n) is 10.3. The van der Waals surface area contributed by atoms with Crippen molar-refractivity contribution in [1.82, 2.24) is 15.1 Å². The minimum atomic E-state index is -1.81. The fourth-order valence-electron chi connectivity index (χ4n) is 4.08. The molecule has 6 heteroatoms. The minimum absolute atomic E-state index is 0.547. The maximum Gasteiger partial charge on any atom is 0.408 e. The first-order valence-corrected chi connectivity index (χ1v) is 10.3. The Bertz CT molecular complexity index is 999. The number of hydrogen-bond acceptors (Lipinski definition) is 3. The standard InChI is InChI=1S/C24H28FN3O2/c1-22(2,3)30-21(29)26-23(13-14-23)24(25)12-10-18(17-8-6-5-7-9-17)16-19(24)20-11-15-28(4)27-20/h5-12,15-16,19H,13-14H2,1-4H3,(H,26,29). The summed E-state index contributed by atoms with van der Waals surface area (Å²) < 4.78 is 23.9. The summed E-state index contributed by atoms with van der Waals surface area (Å²) in [6.07, 6.45) is 7.64. The van der Waals surface area contributed by atoms with Crippen molar-refractivity contribution in [2.24, 2.45) is 7.05 Å². The summed E-state index contributed by atoms with van der Waals surface area (Å²) in [5, 5.41) is 7.34. The Hall–Kier alpha value is -2.89. The van der Waals surface area contributed by atoms with Crippen LogP contribution in [0.2, 0.25) is 0 Å². The number of carbonyl (C=O) groups excluding carboxylic acids is 1. The van der Waals surface area contributed by atoms with Gasteiger partial charge in [0, 0.05) is 13.2 Å². The summed E-state index contributed by atoms with van der Waals surface area (Å²) in [5.41, 5.74) is -0.875. The van der Waals surface area contributed by atoms with Crippen molar-refractivity contribution in [3.63, 3.8) is 0 Å². The molecular formula is C24H28FN3O2. The van der Waals surface area contributed by atoms with Gasteiger partial charge in [0.1, 0.15) is 5.60 Å². The van der Waals surface area contributed by atoms with Crippen LogP contribution in [0, 0.1) is 0 Å². The van der Waals surface area contributed by atoms with Crippen LogP contribution in [0.1, 0.15) is 50.8 Å². The number of rotatable bonds is 4. The fraction of sp³-hybridized carbons (Fsp3) is 0.417. The Morgan fingerprint density at radius 2 is 1.93 bits per heavy atom. The number of halogens is 1. The molecule has 0 saturated heterocycles. The van der Waals surface area contributed by atoms with E-state index in [0.29, 0.717) is 18.5 Å². The highest BCUT2D eigenvalue weighted by Gasteiger charge is 2.64. The zero-order valence-electron chi connectivity index (χ0n) is 17.9. The van der Waals surface area contributed by atoms with Crippen LogP contribution >= 0.6 is 0 Å². The first-order chi connectivity index (χ1) is 14.1. The van der Waals surface area contributed by atoms with Crippen LogP contribution in [0.25, 0.3) is 5.57 Å². The van der Waals surface area contributed by atoms with Crippen LogP contribution in [0.15, 0.2) is 60.8 Å². The largest absolute Gasteiger partial charge is 0.444 e. The van der Waals surface area contributed by atoms with Gasteiger partial charge in [-0.05, 0) is 56.9 Å². The van der Waals surface area contributed by atoms with E-state index in [9.17, 15) is 4.79 Å². The summed E-state index contributed by atoms with van der Waals surface area (Å²) in [5.74, 6) is -0.628. The average Bonchev–Trinajstić information content (AvgIpc) is 3.34. The van der Waals surface area contributed by atoms with Crippen LogP contribution in [-0.4, -0.2) is 32.7 Å². The lowest BCUT2D eigenvalue weighted by molar-refractivity contribution is 0.0388. The van der Waals surface area contributed by atoms with Gasteiger partial charge in [-0.25, -0.2) is 9.18 Å². The summed E-state index contributed by atoms with van der Waals surface area (Å²) in [4.78, 5) is 12.5. The molecule has 1 saturated carbocycles. The van der Waals surface area contributed by atoms with Gasteiger partial charge in [-0.15, -0.1) is 0 Å². The fourth-order valence-corrected chi connectivity index (χ4v) is 4.08. The van der Waals surface area contributed by atoms with Crippen LogP contribution in [0.5, 0.6) is 0 Å². The van der Waals surface area contributed by atoms with Crippen molar-refractivity contribution in [2.45, 2.75) is 56.3 Å². The molecule has 1 aromatic carbocycles. The van der Waals surface area contributed by atoms with Gasteiger partial charge in [-0.1, -0.05) is 42.5 Å². The predicted octanol–water partition coefficient (Wildman–Crippen LogP) is 4.92. The van der Waals surface area contributed by atoms with Gasteiger partial charge < -0.3 is 10.1 Å². The molecule has 0 aliphatic heterocycles. The second kappa shape index (κ2) is 7.11. The Balaban J connectivity index is 1.70. The topological polar surface area (TPSA) is 56.2 Å². The van der Waals surface area contributed by atoms with Gasteiger partial charge in [0.15, 0.2) is 5.67 Å². The highest BCUT2D eigenvalue weighted by molar-refractivity contribution is 5.78.